The Morgan fingerprint density at radius 3 is 2.81 bits per heavy atom. The molecule has 1 aliphatic rings. The number of nitrogens with zero attached hydrogens (tertiary/aromatic N) is 2. The number of nitrogens with one attached hydrogen (secondary N) is 1. The minimum atomic E-state index is -0.288. The first-order valence-corrected chi connectivity index (χ1v) is 7.26. The second-order valence-corrected chi connectivity index (χ2v) is 5.34. The molecule has 0 atom stereocenters. The molecule has 6 heteroatoms. The van der Waals surface area contributed by atoms with Crippen LogP contribution in [0.2, 0.25) is 0 Å². The van der Waals surface area contributed by atoms with E-state index < -0.39 is 0 Å². The van der Waals surface area contributed by atoms with E-state index in [1.165, 1.54) is 0 Å². The van der Waals surface area contributed by atoms with E-state index in [2.05, 4.69) is 10.3 Å². The van der Waals surface area contributed by atoms with E-state index >= 15 is 0 Å². The van der Waals surface area contributed by atoms with Crippen LogP contribution in [0.15, 0.2) is 18.3 Å². The molecular formula is C15H23N3O3. The highest BCUT2D eigenvalue weighted by molar-refractivity contribution is 5.67. The van der Waals surface area contributed by atoms with Gasteiger partial charge in [0.25, 0.3) is 0 Å². The maximum absolute atomic E-state index is 12.0. The number of methoxy groups -OCH3 is 1. The molecule has 1 amide bonds. The SMILES string of the molecule is COc1ccc(CN(C)C(=O)OCC2CCNCC2)cn1. The normalized spacial score (nSPS) is 15.5. The number of hydrogen-bond donors (Lipinski definition) is 1. The molecule has 2 heterocycles. The zero-order chi connectivity index (χ0) is 15.1. The van der Waals surface area contributed by atoms with E-state index in [0.717, 1.165) is 31.5 Å². The molecule has 1 aliphatic heterocycles. The van der Waals surface area contributed by atoms with Crippen molar-refractivity contribution < 1.29 is 14.3 Å². The van der Waals surface area contributed by atoms with Crippen LogP contribution in [0.25, 0.3) is 0 Å². The molecule has 0 bridgehead atoms. The van der Waals surface area contributed by atoms with Gasteiger partial charge in [-0.05, 0) is 37.4 Å². The zero-order valence-electron chi connectivity index (χ0n) is 12.7. The Bertz CT molecular complexity index is 444. The lowest BCUT2D eigenvalue weighted by molar-refractivity contribution is 0.0869. The number of hydrogen-bond acceptors (Lipinski definition) is 5. The van der Waals surface area contributed by atoms with Crippen molar-refractivity contribution in [1.82, 2.24) is 15.2 Å². The van der Waals surface area contributed by atoms with Crippen molar-refractivity contribution in [2.75, 3.05) is 33.9 Å². The average molecular weight is 293 g/mol. The monoisotopic (exact) mass is 293 g/mol. The first-order valence-electron chi connectivity index (χ1n) is 7.26. The summed E-state index contributed by atoms with van der Waals surface area (Å²) in [4.78, 5) is 17.6. The quantitative estimate of drug-likeness (QED) is 0.894. The van der Waals surface area contributed by atoms with Gasteiger partial charge in [-0.3, -0.25) is 0 Å². The highest BCUT2D eigenvalue weighted by Gasteiger charge is 2.17. The van der Waals surface area contributed by atoms with Crippen molar-refractivity contribution in [1.29, 1.82) is 0 Å². The third kappa shape index (κ3) is 4.90. The van der Waals surface area contributed by atoms with E-state index in [1.807, 2.05) is 6.07 Å². The topological polar surface area (TPSA) is 63.7 Å². The highest BCUT2D eigenvalue weighted by Crippen LogP contribution is 2.13. The van der Waals surface area contributed by atoms with E-state index in [1.54, 1.807) is 31.3 Å². The van der Waals surface area contributed by atoms with Gasteiger partial charge in [0.15, 0.2) is 0 Å². The van der Waals surface area contributed by atoms with Gasteiger partial charge in [-0.2, -0.15) is 0 Å². The molecule has 0 aromatic carbocycles. The van der Waals surface area contributed by atoms with Crippen LogP contribution in [0.5, 0.6) is 5.88 Å². The number of ether oxygens (including phenoxy) is 2. The van der Waals surface area contributed by atoms with Crippen LogP contribution in [0.4, 0.5) is 4.79 Å². The molecule has 0 aliphatic carbocycles. The lowest BCUT2D eigenvalue weighted by Crippen LogP contribution is -2.33. The summed E-state index contributed by atoms with van der Waals surface area (Å²) in [5.41, 5.74) is 0.942. The molecule has 1 saturated heterocycles. The van der Waals surface area contributed by atoms with Crippen LogP contribution in [-0.4, -0.2) is 49.8 Å². The Morgan fingerprint density at radius 1 is 1.43 bits per heavy atom. The number of aromatic nitrogens is 1. The van der Waals surface area contributed by atoms with Crippen molar-refractivity contribution in [3.63, 3.8) is 0 Å². The second kappa shape index (κ2) is 7.83. The van der Waals surface area contributed by atoms with E-state index in [4.69, 9.17) is 9.47 Å². The molecule has 1 aromatic heterocycles. The van der Waals surface area contributed by atoms with Crippen LogP contribution < -0.4 is 10.1 Å². The van der Waals surface area contributed by atoms with Crippen molar-refractivity contribution >= 4 is 6.09 Å². The molecule has 1 aromatic rings. The van der Waals surface area contributed by atoms with Crippen LogP contribution >= 0.6 is 0 Å². The average Bonchev–Trinajstić information content (AvgIpc) is 2.54. The van der Waals surface area contributed by atoms with Crippen molar-refractivity contribution in [2.24, 2.45) is 5.92 Å². The maximum Gasteiger partial charge on any atom is 0.409 e. The van der Waals surface area contributed by atoms with Crippen LogP contribution in [-0.2, 0) is 11.3 Å². The summed E-state index contributed by atoms with van der Waals surface area (Å²) in [5, 5.41) is 3.30. The Labute approximate surface area is 125 Å². The van der Waals surface area contributed by atoms with E-state index in [-0.39, 0.29) is 6.09 Å². The fourth-order valence-electron chi connectivity index (χ4n) is 2.31. The first-order chi connectivity index (χ1) is 10.2. The standard InChI is InChI=1S/C15H23N3O3/c1-18(10-13-3-4-14(20-2)17-9-13)15(19)21-11-12-5-7-16-8-6-12/h3-4,9,12,16H,5-8,10-11H2,1-2H3. The molecule has 21 heavy (non-hydrogen) atoms. The van der Waals surface area contributed by atoms with E-state index in [0.29, 0.717) is 24.9 Å². The third-order valence-electron chi connectivity index (χ3n) is 3.64. The van der Waals surface area contributed by atoms with Crippen molar-refractivity contribution in [3.05, 3.63) is 23.9 Å². The van der Waals surface area contributed by atoms with Gasteiger partial charge in [0.05, 0.1) is 20.3 Å². The minimum Gasteiger partial charge on any atom is -0.481 e. The van der Waals surface area contributed by atoms with Gasteiger partial charge in [-0.25, -0.2) is 9.78 Å². The Kier molecular flexibility index (Phi) is 5.80. The lowest BCUT2D eigenvalue weighted by atomic mass is 9.99. The number of carbonyl (C=O) groups is 1. The fraction of sp³-hybridized carbons (Fsp3) is 0.600. The summed E-state index contributed by atoms with van der Waals surface area (Å²) in [5.74, 6) is 1.04. The summed E-state index contributed by atoms with van der Waals surface area (Å²) >= 11 is 0. The summed E-state index contributed by atoms with van der Waals surface area (Å²) < 4.78 is 10.4. The number of pyridine rings is 1. The third-order valence-corrected chi connectivity index (χ3v) is 3.64. The first kappa shape index (κ1) is 15.6. The molecule has 116 valence electrons. The fourth-order valence-corrected chi connectivity index (χ4v) is 2.31. The molecule has 0 saturated carbocycles. The summed E-state index contributed by atoms with van der Waals surface area (Å²) in [6.07, 6.45) is 3.55. The lowest BCUT2D eigenvalue weighted by Gasteiger charge is -2.24. The summed E-state index contributed by atoms with van der Waals surface area (Å²) in [6.45, 7) is 3.00. The number of amides is 1. The zero-order valence-corrected chi connectivity index (χ0v) is 12.7. The highest BCUT2D eigenvalue weighted by atomic mass is 16.6. The molecular weight excluding hydrogens is 270 g/mol. The van der Waals surface area contributed by atoms with Crippen LogP contribution in [0, 0.1) is 5.92 Å². The van der Waals surface area contributed by atoms with E-state index in [9.17, 15) is 4.79 Å². The van der Waals surface area contributed by atoms with Crippen LogP contribution in [0.3, 0.4) is 0 Å². The predicted molar refractivity (Wildman–Crippen MR) is 79.2 cm³/mol. The minimum absolute atomic E-state index is 0.288. The summed E-state index contributed by atoms with van der Waals surface area (Å²) in [7, 11) is 3.31. The Morgan fingerprint density at radius 2 is 2.19 bits per heavy atom. The molecule has 0 unspecified atom stereocenters. The van der Waals surface area contributed by atoms with Crippen LogP contribution in [0.1, 0.15) is 18.4 Å². The molecule has 0 spiro atoms. The largest absolute Gasteiger partial charge is 0.481 e. The van der Waals surface area contributed by atoms with Crippen molar-refractivity contribution in [2.45, 2.75) is 19.4 Å². The molecule has 1 fully saturated rings. The van der Waals surface area contributed by atoms with Gasteiger partial charge < -0.3 is 19.7 Å². The Balaban J connectivity index is 1.75. The number of rotatable bonds is 5. The number of piperidine rings is 1. The van der Waals surface area contributed by atoms with Gasteiger partial charge >= 0.3 is 6.09 Å². The van der Waals surface area contributed by atoms with Gasteiger partial charge in [-0.15, -0.1) is 0 Å². The molecule has 1 N–H and O–H groups in total. The smallest absolute Gasteiger partial charge is 0.409 e. The second-order valence-electron chi connectivity index (χ2n) is 5.34. The van der Waals surface area contributed by atoms with Gasteiger partial charge in [0.1, 0.15) is 0 Å². The van der Waals surface area contributed by atoms with Gasteiger partial charge in [0, 0.05) is 19.3 Å². The van der Waals surface area contributed by atoms with Gasteiger partial charge in [-0.1, -0.05) is 6.07 Å². The Hall–Kier alpha value is -1.82. The van der Waals surface area contributed by atoms with Crippen molar-refractivity contribution in [3.8, 4) is 5.88 Å². The number of carbonyl (C=O) groups excluding carboxylic acids is 1. The molecule has 6 nitrogen and oxygen atoms in total. The molecule has 2 rings (SSSR count). The molecule has 0 radical (unpaired) electrons. The maximum atomic E-state index is 12.0. The summed E-state index contributed by atoms with van der Waals surface area (Å²) in [6, 6.07) is 3.67. The van der Waals surface area contributed by atoms with Gasteiger partial charge in [0.2, 0.25) is 5.88 Å². The predicted octanol–water partition coefficient (Wildman–Crippen LogP) is 1.66.